The Kier molecular flexibility index (Phi) is 6.47. The lowest BCUT2D eigenvalue weighted by Crippen LogP contribution is -2.52. The Morgan fingerprint density at radius 1 is 1.59 bits per heavy atom. The third-order valence-corrected chi connectivity index (χ3v) is 3.03. The molecule has 2 atom stereocenters. The molecule has 100 valence electrons. The number of morpholine rings is 1. The molecule has 1 N–H and O–H groups in total. The van der Waals surface area contributed by atoms with Crippen molar-refractivity contribution in [2.75, 3.05) is 40.0 Å². The molecule has 0 unspecified atom stereocenters. The van der Waals surface area contributed by atoms with Gasteiger partial charge in [-0.25, -0.2) is 0 Å². The van der Waals surface area contributed by atoms with Crippen LogP contribution >= 0.6 is 0 Å². The average Bonchev–Trinajstić information content (AvgIpc) is 2.29. The second kappa shape index (κ2) is 7.63. The zero-order chi connectivity index (χ0) is 12.7. The molecule has 0 aromatic carbocycles. The van der Waals surface area contributed by atoms with Crippen molar-refractivity contribution in [2.24, 2.45) is 0 Å². The fraction of sp³-hybridized carbons (Fsp3) is 0.917. The first kappa shape index (κ1) is 14.4. The first-order valence-corrected chi connectivity index (χ1v) is 6.28. The summed E-state index contributed by atoms with van der Waals surface area (Å²) in [5, 5.41) is 2.84. The van der Waals surface area contributed by atoms with Crippen LogP contribution in [0.1, 0.15) is 20.3 Å². The molecular formula is C12H24N2O3. The minimum atomic E-state index is 0.0644. The summed E-state index contributed by atoms with van der Waals surface area (Å²) in [5.74, 6) is 0.0644. The summed E-state index contributed by atoms with van der Waals surface area (Å²) in [6.07, 6.45) is 1.22. The first-order chi connectivity index (χ1) is 8.17. The molecule has 1 rings (SSSR count). The van der Waals surface area contributed by atoms with Crippen molar-refractivity contribution in [1.82, 2.24) is 10.2 Å². The van der Waals surface area contributed by atoms with Crippen LogP contribution in [0, 0.1) is 0 Å². The van der Waals surface area contributed by atoms with E-state index in [2.05, 4.69) is 17.1 Å². The van der Waals surface area contributed by atoms with Crippen molar-refractivity contribution in [1.29, 1.82) is 0 Å². The molecule has 5 nitrogen and oxygen atoms in total. The van der Waals surface area contributed by atoms with Crippen molar-refractivity contribution in [2.45, 2.75) is 32.4 Å². The number of rotatable bonds is 6. The number of nitrogens with zero attached hydrogens (tertiary/aromatic N) is 1. The van der Waals surface area contributed by atoms with Crippen LogP contribution in [0.5, 0.6) is 0 Å². The molecule has 0 aromatic rings. The molecule has 17 heavy (non-hydrogen) atoms. The van der Waals surface area contributed by atoms with Gasteiger partial charge in [-0.3, -0.25) is 9.69 Å². The number of hydrogen-bond acceptors (Lipinski definition) is 4. The van der Waals surface area contributed by atoms with E-state index >= 15 is 0 Å². The van der Waals surface area contributed by atoms with Gasteiger partial charge in [0.15, 0.2) is 0 Å². The van der Waals surface area contributed by atoms with E-state index in [1.807, 2.05) is 6.92 Å². The van der Waals surface area contributed by atoms with E-state index in [1.165, 1.54) is 0 Å². The second-order valence-corrected chi connectivity index (χ2v) is 4.48. The van der Waals surface area contributed by atoms with Crippen molar-refractivity contribution >= 4 is 5.91 Å². The van der Waals surface area contributed by atoms with Gasteiger partial charge in [0, 0.05) is 26.2 Å². The highest BCUT2D eigenvalue weighted by atomic mass is 16.5. The molecular weight excluding hydrogens is 220 g/mol. The van der Waals surface area contributed by atoms with Crippen LogP contribution in [-0.2, 0) is 14.3 Å². The molecule has 0 aliphatic carbocycles. The van der Waals surface area contributed by atoms with Crippen LogP contribution in [0.4, 0.5) is 0 Å². The van der Waals surface area contributed by atoms with Crippen molar-refractivity contribution in [3.63, 3.8) is 0 Å². The smallest absolute Gasteiger partial charge is 0.234 e. The molecule has 0 spiro atoms. The Bertz CT molecular complexity index is 236. The van der Waals surface area contributed by atoms with Crippen LogP contribution in [0.25, 0.3) is 0 Å². The van der Waals surface area contributed by atoms with Crippen LogP contribution < -0.4 is 5.32 Å². The minimum Gasteiger partial charge on any atom is -0.383 e. The van der Waals surface area contributed by atoms with E-state index in [4.69, 9.17) is 9.47 Å². The largest absolute Gasteiger partial charge is 0.383 e. The molecule has 0 saturated carbocycles. The maximum atomic E-state index is 11.7. The van der Waals surface area contributed by atoms with E-state index < -0.39 is 0 Å². The number of nitrogens with one attached hydrogen (secondary N) is 1. The molecule has 0 radical (unpaired) electrons. The molecule has 1 aliphatic heterocycles. The lowest BCUT2D eigenvalue weighted by atomic mass is 10.1. The van der Waals surface area contributed by atoms with Crippen LogP contribution in [0.15, 0.2) is 0 Å². The zero-order valence-corrected chi connectivity index (χ0v) is 11.1. The Hall–Kier alpha value is -0.650. The lowest BCUT2D eigenvalue weighted by molar-refractivity contribution is -0.126. The van der Waals surface area contributed by atoms with E-state index in [-0.39, 0.29) is 12.0 Å². The molecule has 1 amide bonds. The molecule has 0 bridgehead atoms. The van der Waals surface area contributed by atoms with Crippen LogP contribution in [0.3, 0.4) is 0 Å². The van der Waals surface area contributed by atoms with Crippen LogP contribution in [0.2, 0.25) is 0 Å². The van der Waals surface area contributed by atoms with Gasteiger partial charge < -0.3 is 14.8 Å². The summed E-state index contributed by atoms with van der Waals surface area (Å²) in [6.45, 7) is 7.31. The molecule has 1 aliphatic rings. The van der Waals surface area contributed by atoms with Crippen molar-refractivity contribution < 1.29 is 14.3 Å². The standard InChI is InChI=1S/C12H24N2O3/c1-4-11-9-17-10(2)7-14(11)8-12(15)13-5-6-16-3/h10-11H,4-9H2,1-3H3,(H,13,15)/t10-,11-/m1/s1. The van der Waals surface area contributed by atoms with Gasteiger partial charge in [-0.15, -0.1) is 0 Å². The lowest BCUT2D eigenvalue weighted by Gasteiger charge is -2.37. The minimum absolute atomic E-state index is 0.0644. The zero-order valence-electron chi connectivity index (χ0n) is 11.1. The third kappa shape index (κ3) is 5.02. The highest BCUT2D eigenvalue weighted by molar-refractivity contribution is 5.78. The Morgan fingerprint density at radius 3 is 3.00 bits per heavy atom. The topological polar surface area (TPSA) is 50.8 Å². The quantitative estimate of drug-likeness (QED) is 0.680. The number of hydrogen-bond donors (Lipinski definition) is 1. The number of carbonyl (C=O) groups is 1. The van der Waals surface area contributed by atoms with Gasteiger partial charge >= 0.3 is 0 Å². The molecule has 1 heterocycles. The van der Waals surface area contributed by atoms with E-state index in [0.29, 0.717) is 25.7 Å². The number of amides is 1. The summed E-state index contributed by atoms with van der Waals surface area (Å²) < 4.78 is 10.5. The maximum Gasteiger partial charge on any atom is 0.234 e. The van der Waals surface area contributed by atoms with Crippen molar-refractivity contribution in [3.05, 3.63) is 0 Å². The van der Waals surface area contributed by atoms with Gasteiger partial charge in [-0.1, -0.05) is 6.92 Å². The van der Waals surface area contributed by atoms with E-state index in [0.717, 1.165) is 19.6 Å². The highest BCUT2D eigenvalue weighted by Crippen LogP contribution is 2.13. The highest BCUT2D eigenvalue weighted by Gasteiger charge is 2.26. The monoisotopic (exact) mass is 244 g/mol. The molecule has 1 fully saturated rings. The molecule has 5 heteroatoms. The molecule has 0 aromatic heterocycles. The van der Waals surface area contributed by atoms with Gasteiger partial charge in [0.2, 0.25) is 5.91 Å². The number of methoxy groups -OCH3 is 1. The third-order valence-electron chi connectivity index (χ3n) is 3.03. The maximum absolute atomic E-state index is 11.7. The fourth-order valence-corrected chi connectivity index (χ4v) is 2.02. The predicted molar refractivity (Wildman–Crippen MR) is 66.0 cm³/mol. The van der Waals surface area contributed by atoms with E-state index in [9.17, 15) is 4.79 Å². The SMILES string of the molecule is CC[C@@H]1CO[C@H](C)CN1CC(=O)NCCOC. The summed E-state index contributed by atoms with van der Waals surface area (Å²) >= 11 is 0. The number of carbonyl (C=O) groups excluding carboxylic acids is 1. The molecule has 1 saturated heterocycles. The van der Waals surface area contributed by atoms with Gasteiger partial charge in [0.25, 0.3) is 0 Å². The van der Waals surface area contributed by atoms with Gasteiger partial charge in [0.05, 0.1) is 25.9 Å². The van der Waals surface area contributed by atoms with E-state index in [1.54, 1.807) is 7.11 Å². The Morgan fingerprint density at radius 2 is 2.35 bits per heavy atom. The second-order valence-electron chi connectivity index (χ2n) is 4.48. The summed E-state index contributed by atoms with van der Waals surface area (Å²) in [4.78, 5) is 13.9. The Labute approximate surface area is 103 Å². The van der Waals surface area contributed by atoms with Gasteiger partial charge in [-0.05, 0) is 13.3 Å². The van der Waals surface area contributed by atoms with Gasteiger partial charge in [-0.2, -0.15) is 0 Å². The number of ether oxygens (including phenoxy) is 2. The first-order valence-electron chi connectivity index (χ1n) is 6.28. The average molecular weight is 244 g/mol. The summed E-state index contributed by atoms with van der Waals surface area (Å²) in [6, 6.07) is 0.361. The Balaban J connectivity index is 2.33. The van der Waals surface area contributed by atoms with Gasteiger partial charge in [0.1, 0.15) is 0 Å². The summed E-state index contributed by atoms with van der Waals surface area (Å²) in [7, 11) is 1.63. The fourth-order valence-electron chi connectivity index (χ4n) is 2.02. The normalized spacial score (nSPS) is 25.8. The van der Waals surface area contributed by atoms with Crippen molar-refractivity contribution in [3.8, 4) is 0 Å². The predicted octanol–water partition coefficient (Wildman–Crippen LogP) is 0.248. The van der Waals surface area contributed by atoms with Crippen LogP contribution in [-0.4, -0.2) is 62.9 Å². The summed E-state index contributed by atoms with van der Waals surface area (Å²) in [5.41, 5.74) is 0.